The summed E-state index contributed by atoms with van der Waals surface area (Å²) in [6.07, 6.45) is 7.37. The van der Waals surface area contributed by atoms with Crippen LogP contribution in [0.25, 0.3) is 0 Å². The maximum Gasteiger partial charge on any atom is 0.326 e. The number of allylic oxidation sites excluding steroid dienone is 1. The molecule has 3 unspecified atom stereocenters. The second-order valence-electron chi connectivity index (χ2n) is 5.05. The number of amides is 1. The summed E-state index contributed by atoms with van der Waals surface area (Å²) in [6.45, 7) is 1.84. The molecule has 17 heavy (non-hydrogen) atoms. The summed E-state index contributed by atoms with van der Waals surface area (Å²) in [7, 11) is 0. The van der Waals surface area contributed by atoms with Gasteiger partial charge in [-0.2, -0.15) is 0 Å². The van der Waals surface area contributed by atoms with E-state index in [-0.39, 0.29) is 11.8 Å². The van der Waals surface area contributed by atoms with Gasteiger partial charge in [-0.05, 0) is 44.4 Å². The molecule has 1 amide bonds. The molecule has 2 fully saturated rings. The van der Waals surface area contributed by atoms with Crippen LogP contribution in [0.15, 0.2) is 12.2 Å². The van der Waals surface area contributed by atoms with Gasteiger partial charge in [-0.1, -0.05) is 12.2 Å². The lowest BCUT2D eigenvalue weighted by molar-refractivity contribution is -0.142. The molecular formula is C13H19NO3. The van der Waals surface area contributed by atoms with Crippen molar-refractivity contribution >= 4 is 11.9 Å². The third-order valence-electron chi connectivity index (χ3n) is 3.63. The molecule has 0 spiro atoms. The highest BCUT2D eigenvalue weighted by Gasteiger charge is 2.51. The first kappa shape index (κ1) is 12.1. The summed E-state index contributed by atoms with van der Waals surface area (Å²) in [5, 5.41) is 11.6. The Bertz CT molecular complexity index is 347. The fraction of sp³-hybridized carbons (Fsp3) is 0.692. The molecule has 0 aromatic rings. The van der Waals surface area contributed by atoms with Crippen molar-refractivity contribution in [1.82, 2.24) is 5.32 Å². The zero-order valence-corrected chi connectivity index (χ0v) is 10.1. The van der Waals surface area contributed by atoms with Crippen molar-refractivity contribution in [3.63, 3.8) is 0 Å². The highest BCUT2D eigenvalue weighted by atomic mass is 16.4. The summed E-state index contributed by atoms with van der Waals surface area (Å²) in [4.78, 5) is 22.8. The van der Waals surface area contributed by atoms with Crippen molar-refractivity contribution in [2.45, 2.75) is 38.6 Å². The second kappa shape index (κ2) is 4.90. The van der Waals surface area contributed by atoms with Gasteiger partial charge in [-0.25, -0.2) is 4.79 Å². The molecule has 0 bridgehead atoms. The average molecular weight is 237 g/mol. The van der Waals surface area contributed by atoms with E-state index in [1.165, 1.54) is 12.8 Å². The Morgan fingerprint density at radius 3 is 2.71 bits per heavy atom. The summed E-state index contributed by atoms with van der Waals surface area (Å²) in [6, 6.07) is -0.779. The van der Waals surface area contributed by atoms with Crippen LogP contribution in [0.2, 0.25) is 0 Å². The van der Waals surface area contributed by atoms with Crippen molar-refractivity contribution in [2.75, 3.05) is 0 Å². The molecule has 3 atom stereocenters. The molecule has 0 heterocycles. The molecule has 0 aromatic heterocycles. The van der Waals surface area contributed by atoms with Crippen molar-refractivity contribution in [2.24, 2.45) is 17.8 Å². The Morgan fingerprint density at radius 1 is 1.47 bits per heavy atom. The Balaban J connectivity index is 1.80. The summed E-state index contributed by atoms with van der Waals surface area (Å²) >= 11 is 0. The van der Waals surface area contributed by atoms with Gasteiger partial charge < -0.3 is 10.4 Å². The van der Waals surface area contributed by atoms with Gasteiger partial charge in [0.05, 0.1) is 0 Å². The topological polar surface area (TPSA) is 66.4 Å². The van der Waals surface area contributed by atoms with E-state index in [1.54, 1.807) is 12.2 Å². The average Bonchev–Trinajstić information content (AvgIpc) is 3.15. The lowest BCUT2D eigenvalue weighted by Crippen LogP contribution is -2.41. The fourth-order valence-corrected chi connectivity index (χ4v) is 2.33. The van der Waals surface area contributed by atoms with Gasteiger partial charge >= 0.3 is 5.97 Å². The normalized spacial score (nSPS) is 29.0. The molecule has 94 valence electrons. The Morgan fingerprint density at radius 2 is 2.18 bits per heavy atom. The van der Waals surface area contributed by atoms with Gasteiger partial charge in [-0.15, -0.1) is 0 Å². The zero-order chi connectivity index (χ0) is 12.4. The standard InChI is InChI=1S/C13H19NO3/c1-2-3-4-11(13(16)17)14-12(15)10-7-9(10)8-5-6-8/h2-3,8-11H,4-7H2,1H3,(H,14,15)(H,16,17)/b3-2+. The number of carboxylic acids is 1. The zero-order valence-electron chi connectivity index (χ0n) is 10.1. The fourth-order valence-electron chi connectivity index (χ4n) is 2.33. The van der Waals surface area contributed by atoms with E-state index in [9.17, 15) is 9.59 Å². The quantitative estimate of drug-likeness (QED) is 0.689. The van der Waals surface area contributed by atoms with Crippen molar-refractivity contribution in [3.05, 3.63) is 12.2 Å². The number of carboxylic acid groups (broad SMARTS) is 1. The first-order valence-electron chi connectivity index (χ1n) is 6.27. The smallest absolute Gasteiger partial charge is 0.326 e. The number of aliphatic carboxylic acids is 1. The van der Waals surface area contributed by atoms with Crippen molar-refractivity contribution in [3.8, 4) is 0 Å². The monoisotopic (exact) mass is 237 g/mol. The first-order chi connectivity index (χ1) is 8.13. The van der Waals surface area contributed by atoms with E-state index in [1.807, 2.05) is 6.92 Å². The molecule has 4 nitrogen and oxygen atoms in total. The van der Waals surface area contributed by atoms with Gasteiger partial charge in [0.2, 0.25) is 5.91 Å². The van der Waals surface area contributed by atoms with Crippen LogP contribution < -0.4 is 5.32 Å². The maximum atomic E-state index is 11.8. The van der Waals surface area contributed by atoms with Crippen LogP contribution in [0.4, 0.5) is 0 Å². The van der Waals surface area contributed by atoms with Crippen molar-refractivity contribution in [1.29, 1.82) is 0 Å². The van der Waals surface area contributed by atoms with Gasteiger partial charge in [0.1, 0.15) is 6.04 Å². The minimum absolute atomic E-state index is 0.0706. The lowest BCUT2D eigenvalue weighted by atomic mass is 10.1. The molecule has 0 aromatic carbocycles. The van der Waals surface area contributed by atoms with E-state index < -0.39 is 12.0 Å². The number of rotatable bonds is 6. The second-order valence-corrected chi connectivity index (χ2v) is 5.05. The number of carbonyl (C=O) groups is 2. The predicted molar refractivity (Wildman–Crippen MR) is 63.3 cm³/mol. The molecule has 0 saturated heterocycles. The largest absolute Gasteiger partial charge is 0.480 e. The summed E-state index contributed by atoms with van der Waals surface area (Å²) in [5.74, 6) is 0.324. The highest BCUT2D eigenvalue weighted by molar-refractivity contribution is 5.86. The number of nitrogens with one attached hydrogen (secondary N) is 1. The number of hydrogen-bond acceptors (Lipinski definition) is 2. The molecule has 2 rings (SSSR count). The first-order valence-corrected chi connectivity index (χ1v) is 6.27. The Hall–Kier alpha value is -1.32. The lowest BCUT2D eigenvalue weighted by Gasteiger charge is -2.12. The molecule has 0 aliphatic heterocycles. The number of carbonyl (C=O) groups excluding carboxylic acids is 1. The minimum Gasteiger partial charge on any atom is -0.480 e. The molecular weight excluding hydrogens is 218 g/mol. The van der Waals surface area contributed by atoms with E-state index in [4.69, 9.17) is 5.11 Å². The van der Waals surface area contributed by atoms with Crippen LogP contribution >= 0.6 is 0 Å². The van der Waals surface area contributed by atoms with E-state index in [0.29, 0.717) is 12.3 Å². The van der Waals surface area contributed by atoms with Crippen LogP contribution in [0.5, 0.6) is 0 Å². The molecule has 2 aliphatic rings. The molecule has 0 radical (unpaired) electrons. The molecule has 2 N–H and O–H groups in total. The van der Waals surface area contributed by atoms with Crippen LogP contribution in [-0.2, 0) is 9.59 Å². The van der Waals surface area contributed by atoms with E-state index in [2.05, 4.69) is 5.32 Å². The highest BCUT2D eigenvalue weighted by Crippen LogP contribution is 2.54. The van der Waals surface area contributed by atoms with Gasteiger partial charge in [0, 0.05) is 5.92 Å². The summed E-state index contributed by atoms with van der Waals surface area (Å²) in [5.41, 5.74) is 0. The third-order valence-corrected chi connectivity index (χ3v) is 3.63. The minimum atomic E-state index is -0.958. The third kappa shape index (κ3) is 3.08. The Labute approximate surface area is 101 Å². The molecule has 4 heteroatoms. The van der Waals surface area contributed by atoms with Crippen LogP contribution in [0.1, 0.15) is 32.6 Å². The number of hydrogen-bond donors (Lipinski definition) is 2. The van der Waals surface area contributed by atoms with Gasteiger partial charge in [-0.3, -0.25) is 4.79 Å². The Kier molecular flexibility index (Phi) is 3.50. The van der Waals surface area contributed by atoms with Crippen LogP contribution in [0, 0.1) is 17.8 Å². The maximum absolute atomic E-state index is 11.8. The van der Waals surface area contributed by atoms with Crippen molar-refractivity contribution < 1.29 is 14.7 Å². The van der Waals surface area contributed by atoms with E-state index in [0.717, 1.165) is 12.3 Å². The molecule has 2 saturated carbocycles. The van der Waals surface area contributed by atoms with E-state index >= 15 is 0 Å². The van der Waals surface area contributed by atoms with Gasteiger partial charge in [0.25, 0.3) is 0 Å². The predicted octanol–water partition coefficient (Wildman–Crippen LogP) is 1.57. The van der Waals surface area contributed by atoms with Crippen LogP contribution in [-0.4, -0.2) is 23.0 Å². The van der Waals surface area contributed by atoms with Gasteiger partial charge in [0.15, 0.2) is 0 Å². The molecule has 2 aliphatic carbocycles. The SMILES string of the molecule is C/C=C/CC(NC(=O)C1CC1C1CC1)C(=O)O. The van der Waals surface area contributed by atoms with Crippen LogP contribution in [0.3, 0.4) is 0 Å². The summed E-state index contributed by atoms with van der Waals surface area (Å²) < 4.78 is 0.